The molecule has 0 radical (unpaired) electrons. The van der Waals surface area contributed by atoms with E-state index in [2.05, 4.69) is 27.2 Å². The summed E-state index contributed by atoms with van der Waals surface area (Å²) in [5.74, 6) is -3.51. The molecule has 0 aliphatic heterocycles. The van der Waals surface area contributed by atoms with Crippen LogP contribution in [0.3, 0.4) is 0 Å². The molecule has 31 heavy (non-hydrogen) atoms. The van der Waals surface area contributed by atoms with Crippen LogP contribution in [0.25, 0.3) is 16.9 Å². The van der Waals surface area contributed by atoms with E-state index >= 15 is 0 Å². The fourth-order valence-corrected chi connectivity index (χ4v) is 3.00. The number of pyridine rings is 2. The van der Waals surface area contributed by atoms with Crippen molar-refractivity contribution >= 4 is 0 Å². The van der Waals surface area contributed by atoms with Gasteiger partial charge in [-0.15, -0.1) is 24.3 Å². The van der Waals surface area contributed by atoms with Crippen LogP contribution in [-0.4, -0.2) is 19.7 Å². The summed E-state index contributed by atoms with van der Waals surface area (Å²) in [5.41, 5.74) is 0.565. The van der Waals surface area contributed by atoms with Crippen molar-refractivity contribution in [2.75, 3.05) is 0 Å². The number of hydrogen-bond acceptors (Lipinski definition) is 3. The van der Waals surface area contributed by atoms with Crippen LogP contribution in [-0.2, 0) is 26.5 Å². The van der Waals surface area contributed by atoms with Gasteiger partial charge < -0.3 is 9.97 Å². The largest absolute Gasteiger partial charge is 2.00 e. The van der Waals surface area contributed by atoms with Crippen LogP contribution in [0.1, 0.15) is 25.2 Å². The zero-order valence-electron chi connectivity index (χ0n) is 16.2. The van der Waals surface area contributed by atoms with Crippen LogP contribution < -0.4 is 0 Å². The molecule has 0 atom stereocenters. The fraction of sp³-hybridized carbons (Fsp3) is 0.136. The van der Waals surface area contributed by atoms with E-state index in [1.54, 1.807) is 24.3 Å². The van der Waals surface area contributed by atoms with E-state index in [0.29, 0.717) is 17.1 Å². The van der Waals surface area contributed by atoms with Gasteiger partial charge in [0.25, 0.3) is 0 Å². The van der Waals surface area contributed by atoms with Gasteiger partial charge >= 0.3 is 21.1 Å². The van der Waals surface area contributed by atoms with Crippen LogP contribution in [0.2, 0.25) is 0 Å². The van der Waals surface area contributed by atoms with E-state index in [-0.39, 0.29) is 32.3 Å². The normalized spacial score (nSPS) is 11.3. The number of rotatable bonds is 4. The Morgan fingerprint density at radius 1 is 0.935 bits per heavy atom. The van der Waals surface area contributed by atoms with E-state index in [1.165, 1.54) is 10.9 Å². The van der Waals surface area contributed by atoms with E-state index in [4.69, 9.17) is 0 Å². The van der Waals surface area contributed by atoms with Gasteiger partial charge in [-0.25, -0.2) is 0 Å². The Balaban J connectivity index is 0.00000272. The summed E-state index contributed by atoms with van der Waals surface area (Å²) in [5, 5.41) is 4.36. The van der Waals surface area contributed by atoms with Gasteiger partial charge in [0.1, 0.15) is 5.95 Å². The molecule has 0 saturated carbocycles. The van der Waals surface area contributed by atoms with Gasteiger partial charge in [-0.1, -0.05) is 23.8 Å². The number of nitrogens with zero attached hydrogens (tertiary/aromatic N) is 4. The zero-order chi connectivity index (χ0) is 21.5. The van der Waals surface area contributed by atoms with Crippen LogP contribution in [0, 0.1) is 35.7 Å². The first kappa shape index (κ1) is 22.8. The molecular weight excluding hydrogens is 591 g/mol. The Morgan fingerprint density at radius 3 is 2.42 bits per heavy atom. The Bertz CT molecular complexity index is 1240. The third kappa shape index (κ3) is 4.44. The molecule has 0 amide bonds. The summed E-state index contributed by atoms with van der Waals surface area (Å²) in [6.45, 7) is 3.69. The van der Waals surface area contributed by atoms with Crippen LogP contribution >= 0.6 is 0 Å². The maximum Gasteiger partial charge on any atom is 2.00 e. The molecule has 4 rings (SSSR count). The summed E-state index contributed by atoms with van der Waals surface area (Å²) in [6, 6.07) is 14.5. The van der Waals surface area contributed by atoms with E-state index < -0.39 is 28.9 Å². The van der Waals surface area contributed by atoms with Crippen molar-refractivity contribution in [3.63, 3.8) is 0 Å². The summed E-state index contributed by atoms with van der Waals surface area (Å²) < 4.78 is 55.5. The van der Waals surface area contributed by atoms with Crippen LogP contribution in [0.5, 0.6) is 0 Å². The molecule has 0 saturated heterocycles. The molecule has 3 heterocycles. The molecule has 0 spiro atoms. The SMILES string of the molecule is CC(C)(c1cccc(-c2[c-]cc(F)cc2F)n1)c1ccn(-c2[c-]cc(F)nc2F)n1.[Pt+2]. The predicted octanol–water partition coefficient (Wildman–Crippen LogP) is 4.81. The summed E-state index contributed by atoms with van der Waals surface area (Å²) >= 11 is 0. The first-order valence-electron chi connectivity index (χ1n) is 8.90. The number of aromatic nitrogens is 4. The van der Waals surface area contributed by atoms with Gasteiger partial charge in [-0.2, -0.15) is 5.10 Å². The second-order valence-electron chi connectivity index (χ2n) is 7.08. The molecule has 160 valence electrons. The number of benzene rings is 1. The molecule has 4 aromatic rings. The quantitative estimate of drug-likeness (QED) is 0.191. The minimum absolute atomic E-state index is 0. The van der Waals surface area contributed by atoms with Crippen molar-refractivity contribution < 1.29 is 38.6 Å². The minimum atomic E-state index is -1.04. The topological polar surface area (TPSA) is 43.6 Å². The molecule has 0 aliphatic rings. The standard InChI is InChI=1S/C22H14F4N4.Pt/c1-22(2,19-10-11-30(29-19)17-8-9-20(25)28-21(17)26)18-5-3-4-16(27-18)14-7-6-13(23)12-15(14)24;/h3-6,9-12H,1-2H3;/q-2;+2. The number of halogens is 4. The molecule has 0 fully saturated rings. The Hall–Kier alpha value is -2.86. The molecular formula is C22H14F4N4Pt. The summed E-state index contributed by atoms with van der Waals surface area (Å²) in [6.07, 6.45) is 1.50. The molecule has 0 unspecified atom stereocenters. The average Bonchev–Trinajstić information content (AvgIpc) is 3.19. The third-order valence-corrected chi connectivity index (χ3v) is 4.69. The van der Waals surface area contributed by atoms with Crippen molar-refractivity contribution in [3.8, 4) is 16.9 Å². The van der Waals surface area contributed by atoms with Crippen LogP contribution in [0.15, 0.2) is 48.7 Å². The molecule has 0 bridgehead atoms. The maximum absolute atomic E-state index is 14.1. The number of hydrogen-bond donors (Lipinski definition) is 0. The van der Waals surface area contributed by atoms with Gasteiger partial charge in [-0.3, -0.25) is 22.2 Å². The van der Waals surface area contributed by atoms with Gasteiger partial charge in [0.2, 0.25) is 0 Å². The second-order valence-corrected chi connectivity index (χ2v) is 7.08. The van der Waals surface area contributed by atoms with Crippen molar-refractivity contribution in [1.82, 2.24) is 19.7 Å². The fourth-order valence-electron chi connectivity index (χ4n) is 3.00. The maximum atomic E-state index is 14.1. The van der Waals surface area contributed by atoms with Crippen LogP contribution in [0.4, 0.5) is 17.6 Å². The zero-order valence-corrected chi connectivity index (χ0v) is 18.5. The van der Waals surface area contributed by atoms with E-state index in [1.807, 2.05) is 13.8 Å². The Kier molecular flexibility index (Phi) is 6.41. The first-order valence-corrected chi connectivity index (χ1v) is 8.90. The minimum Gasteiger partial charge on any atom is -0.322 e. The van der Waals surface area contributed by atoms with Crippen molar-refractivity contribution in [2.24, 2.45) is 0 Å². The second kappa shape index (κ2) is 8.71. The van der Waals surface area contributed by atoms with Gasteiger partial charge in [-0.05, 0) is 31.7 Å². The Labute approximate surface area is 190 Å². The van der Waals surface area contributed by atoms with E-state index in [0.717, 1.165) is 18.2 Å². The summed E-state index contributed by atoms with van der Waals surface area (Å²) in [4.78, 5) is 7.64. The van der Waals surface area contributed by atoms with Gasteiger partial charge in [0.05, 0.1) is 17.1 Å². The van der Waals surface area contributed by atoms with Gasteiger partial charge in [0.15, 0.2) is 0 Å². The van der Waals surface area contributed by atoms with Crippen molar-refractivity contribution in [2.45, 2.75) is 19.3 Å². The summed E-state index contributed by atoms with van der Waals surface area (Å²) in [7, 11) is 0. The molecule has 0 N–H and O–H groups in total. The molecule has 3 aromatic heterocycles. The first-order chi connectivity index (χ1) is 14.3. The van der Waals surface area contributed by atoms with Gasteiger partial charge in [0, 0.05) is 29.2 Å². The average molecular weight is 605 g/mol. The molecule has 4 nitrogen and oxygen atoms in total. The Morgan fingerprint density at radius 2 is 1.71 bits per heavy atom. The molecule has 0 aliphatic carbocycles. The predicted molar refractivity (Wildman–Crippen MR) is 101 cm³/mol. The molecule has 1 aromatic carbocycles. The van der Waals surface area contributed by atoms with E-state index in [9.17, 15) is 17.6 Å². The van der Waals surface area contributed by atoms with Crippen molar-refractivity contribution in [3.05, 3.63) is 95.7 Å². The third-order valence-electron chi connectivity index (χ3n) is 4.69. The molecule has 9 heteroatoms. The van der Waals surface area contributed by atoms with Crippen molar-refractivity contribution in [1.29, 1.82) is 0 Å². The monoisotopic (exact) mass is 605 g/mol. The smallest absolute Gasteiger partial charge is 0.322 e.